The smallest absolute Gasteiger partial charge is 1.00 e. The van der Waals surface area contributed by atoms with E-state index < -0.39 is 11.4 Å². The largest absolute Gasteiger partial charge is 1.00 e. The predicted molar refractivity (Wildman–Crippen MR) is 79.4 cm³/mol. The first-order chi connectivity index (χ1) is 10.1. The Morgan fingerprint density at radius 1 is 1.50 bits per heavy atom. The fourth-order valence-corrected chi connectivity index (χ4v) is 3.14. The van der Waals surface area contributed by atoms with Gasteiger partial charge in [0.25, 0.3) is 0 Å². The zero-order valence-electron chi connectivity index (χ0n) is 14.0. The van der Waals surface area contributed by atoms with Crippen LogP contribution in [0.4, 0.5) is 0 Å². The molecule has 1 aliphatic rings. The molecule has 1 aliphatic heterocycles. The van der Waals surface area contributed by atoms with E-state index in [1.54, 1.807) is 0 Å². The molecule has 0 amide bonds. The average Bonchev–Trinajstić information content (AvgIpc) is 2.89. The Hall–Kier alpha value is 0.330. The van der Waals surface area contributed by atoms with Crippen LogP contribution in [0.25, 0.3) is 0 Å². The van der Waals surface area contributed by atoms with Gasteiger partial charge in [0.15, 0.2) is 17.6 Å². The van der Waals surface area contributed by atoms with E-state index in [-0.39, 0.29) is 49.1 Å². The standard InChI is InChI=1S/C13H20O6S2.Na.H/c1-9(2)11(19-21(14)15)3-4-16-5-10-6-17-12-7-20-8-13(12)18-10;;/h7-11H,3-6H2,1-2H3,(H,14,15);;/q;+1;-1/p-1. The SMILES string of the molecule is CC(C)C(CCOCC1COc2cscc2O1)OS(=O)[O-].[H-].[Na+]. The molecule has 1 aromatic rings. The maximum Gasteiger partial charge on any atom is 1.00 e. The molecule has 122 valence electrons. The molecule has 6 nitrogen and oxygen atoms in total. The van der Waals surface area contributed by atoms with E-state index in [2.05, 4.69) is 0 Å². The van der Waals surface area contributed by atoms with E-state index in [1.165, 1.54) is 11.3 Å². The molecule has 1 aromatic heterocycles. The summed E-state index contributed by atoms with van der Waals surface area (Å²) in [5.74, 6) is 1.64. The Balaban J connectivity index is 0.00000242. The first-order valence-corrected chi connectivity index (χ1v) is 8.70. The summed E-state index contributed by atoms with van der Waals surface area (Å²) in [4.78, 5) is 0. The Morgan fingerprint density at radius 2 is 2.23 bits per heavy atom. The maximum atomic E-state index is 10.6. The number of hydrogen-bond donors (Lipinski definition) is 0. The van der Waals surface area contributed by atoms with E-state index in [4.69, 9.17) is 18.4 Å². The maximum absolute atomic E-state index is 10.6. The van der Waals surface area contributed by atoms with Gasteiger partial charge in [0, 0.05) is 17.4 Å². The van der Waals surface area contributed by atoms with E-state index in [0.717, 1.165) is 11.5 Å². The summed E-state index contributed by atoms with van der Waals surface area (Å²) >= 11 is -0.963. The summed E-state index contributed by atoms with van der Waals surface area (Å²) in [6.45, 7) is 5.09. The van der Waals surface area contributed by atoms with Crippen molar-refractivity contribution in [1.29, 1.82) is 0 Å². The van der Waals surface area contributed by atoms with E-state index in [1.807, 2.05) is 24.6 Å². The first kappa shape index (κ1) is 20.4. The van der Waals surface area contributed by atoms with Gasteiger partial charge in [-0.25, -0.2) is 4.21 Å². The van der Waals surface area contributed by atoms with Crippen LogP contribution in [0.3, 0.4) is 0 Å². The molecule has 0 bridgehead atoms. The van der Waals surface area contributed by atoms with Gasteiger partial charge in [-0.05, 0) is 12.3 Å². The van der Waals surface area contributed by atoms with Crippen molar-refractivity contribution >= 4 is 22.7 Å². The van der Waals surface area contributed by atoms with Crippen molar-refractivity contribution in [3.05, 3.63) is 10.8 Å². The van der Waals surface area contributed by atoms with Gasteiger partial charge in [-0.15, -0.1) is 11.3 Å². The minimum atomic E-state index is -2.50. The van der Waals surface area contributed by atoms with Crippen molar-refractivity contribution in [2.24, 2.45) is 5.92 Å². The third-order valence-corrected chi connectivity index (χ3v) is 4.21. The van der Waals surface area contributed by atoms with Gasteiger partial charge >= 0.3 is 29.6 Å². The minimum Gasteiger partial charge on any atom is -1.00 e. The molecule has 0 spiro atoms. The summed E-state index contributed by atoms with van der Waals surface area (Å²) in [5.41, 5.74) is 0. The number of fused-ring (bicyclic) bond motifs is 1. The van der Waals surface area contributed by atoms with E-state index in [9.17, 15) is 8.76 Å². The third-order valence-electron chi connectivity index (χ3n) is 3.11. The first-order valence-electron chi connectivity index (χ1n) is 6.76. The van der Waals surface area contributed by atoms with Crippen molar-refractivity contribution in [2.75, 3.05) is 19.8 Å². The molecule has 9 heteroatoms. The summed E-state index contributed by atoms with van der Waals surface area (Å²) in [6, 6.07) is 0. The van der Waals surface area contributed by atoms with Crippen LogP contribution in [0.15, 0.2) is 10.8 Å². The second-order valence-electron chi connectivity index (χ2n) is 5.10. The van der Waals surface area contributed by atoms with Crippen molar-refractivity contribution in [3.8, 4) is 11.5 Å². The molecule has 2 rings (SSSR count). The Morgan fingerprint density at radius 3 is 2.91 bits per heavy atom. The molecule has 0 radical (unpaired) electrons. The minimum absolute atomic E-state index is 0. The molecule has 3 atom stereocenters. The van der Waals surface area contributed by atoms with Gasteiger partial charge in [0.05, 0.1) is 24.1 Å². The number of rotatable bonds is 8. The molecule has 3 unspecified atom stereocenters. The van der Waals surface area contributed by atoms with Gasteiger partial charge in [-0.2, -0.15) is 0 Å². The Bertz CT molecular complexity index is 473. The van der Waals surface area contributed by atoms with Crippen LogP contribution in [-0.4, -0.2) is 40.8 Å². The van der Waals surface area contributed by atoms with Crippen LogP contribution < -0.4 is 39.0 Å². The van der Waals surface area contributed by atoms with Gasteiger partial charge in [-0.1, -0.05) is 13.8 Å². The molecular formula is C13H20NaO6S2-. The van der Waals surface area contributed by atoms with E-state index in [0.29, 0.717) is 26.2 Å². The van der Waals surface area contributed by atoms with Gasteiger partial charge in [0.1, 0.15) is 6.61 Å². The second-order valence-corrected chi connectivity index (χ2v) is 6.44. The summed E-state index contributed by atoms with van der Waals surface area (Å²) in [6.07, 6.45) is 0.0117. The van der Waals surface area contributed by atoms with Crippen molar-refractivity contribution < 1.29 is 58.1 Å². The predicted octanol–water partition coefficient (Wildman–Crippen LogP) is -0.754. The monoisotopic (exact) mass is 359 g/mol. The quantitative estimate of drug-likeness (QED) is 0.345. The number of thiophene rings is 1. The second kappa shape index (κ2) is 10.2. The van der Waals surface area contributed by atoms with Crippen LogP contribution in [0.2, 0.25) is 0 Å². The zero-order valence-corrected chi connectivity index (χ0v) is 16.6. The molecule has 0 aliphatic carbocycles. The molecule has 2 heterocycles. The molecule has 0 N–H and O–H groups in total. The summed E-state index contributed by atoms with van der Waals surface area (Å²) < 4.78 is 42.8. The van der Waals surface area contributed by atoms with Crippen molar-refractivity contribution in [3.63, 3.8) is 0 Å². The number of hydrogen-bond acceptors (Lipinski definition) is 7. The van der Waals surface area contributed by atoms with Crippen molar-refractivity contribution in [2.45, 2.75) is 32.5 Å². The average molecular weight is 359 g/mol. The number of ether oxygens (including phenoxy) is 3. The van der Waals surface area contributed by atoms with Crippen LogP contribution in [0.1, 0.15) is 21.7 Å². The third kappa shape index (κ3) is 6.45. The Kier molecular flexibility index (Phi) is 9.49. The Labute approximate surface area is 160 Å². The van der Waals surface area contributed by atoms with E-state index >= 15 is 0 Å². The normalized spacial score (nSPS) is 19.5. The zero-order chi connectivity index (χ0) is 15.2. The van der Waals surface area contributed by atoms with Gasteiger partial charge in [-0.3, -0.25) is 4.18 Å². The van der Waals surface area contributed by atoms with Crippen LogP contribution in [-0.2, 0) is 20.3 Å². The topological polar surface area (TPSA) is 77.0 Å². The molecule has 0 aromatic carbocycles. The van der Waals surface area contributed by atoms with Gasteiger partial charge < -0.3 is 20.2 Å². The summed E-state index contributed by atoms with van der Waals surface area (Å²) in [7, 11) is 0. The fraction of sp³-hybridized carbons (Fsp3) is 0.692. The van der Waals surface area contributed by atoms with Gasteiger partial charge in [0.2, 0.25) is 0 Å². The molecular weight excluding hydrogens is 339 g/mol. The van der Waals surface area contributed by atoms with Crippen LogP contribution in [0.5, 0.6) is 11.5 Å². The molecule has 0 saturated carbocycles. The molecule has 0 fully saturated rings. The summed E-state index contributed by atoms with van der Waals surface area (Å²) in [5, 5.41) is 3.80. The van der Waals surface area contributed by atoms with Crippen molar-refractivity contribution in [1.82, 2.24) is 0 Å². The van der Waals surface area contributed by atoms with Crippen LogP contribution >= 0.6 is 11.3 Å². The molecule has 22 heavy (non-hydrogen) atoms. The fourth-order valence-electron chi connectivity index (χ4n) is 1.95. The van der Waals surface area contributed by atoms with Crippen LogP contribution in [0, 0.1) is 5.92 Å². The molecule has 0 saturated heterocycles.